The van der Waals surface area contributed by atoms with Crippen LogP contribution in [0.25, 0.3) is 5.82 Å². The summed E-state index contributed by atoms with van der Waals surface area (Å²) in [5.74, 6) is 1.67. The molecule has 0 aromatic carbocycles. The summed E-state index contributed by atoms with van der Waals surface area (Å²) in [5, 5.41) is 4.33. The van der Waals surface area contributed by atoms with E-state index in [1.165, 1.54) is 18.4 Å². The summed E-state index contributed by atoms with van der Waals surface area (Å²) in [7, 11) is 0. The van der Waals surface area contributed by atoms with Crippen molar-refractivity contribution in [2.75, 3.05) is 0 Å². The van der Waals surface area contributed by atoms with Gasteiger partial charge in [-0.25, -0.2) is 9.67 Å². The minimum Gasteiger partial charge on any atom is -0.237 e. The predicted octanol–water partition coefficient (Wildman–Crippen LogP) is 2.45. The second kappa shape index (κ2) is 3.19. The van der Waals surface area contributed by atoms with Gasteiger partial charge in [-0.2, -0.15) is 5.10 Å². The van der Waals surface area contributed by atoms with Gasteiger partial charge in [-0.3, -0.25) is 0 Å². The molecule has 2 aromatic heterocycles. The van der Waals surface area contributed by atoms with Gasteiger partial charge in [0.1, 0.15) is 0 Å². The molecule has 1 aliphatic rings. The first-order valence-electron chi connectivity index (χ1n) is 5.31. The summed E-state index contributed by atoms with van der Waals surface area (Å²) in [5.41, 5.74) is 2.38. The highest BCUT2D eigenvalue weighted by molar-refractivity contribution is 5.28. The normalized spacial score (nSPS) is 15.5. The molecule has 0 bridgehead atoms. The average Bonchev–Trinajstić information content (AvgIpc) is 3.02. The topological polar surface area (TPSA) is 30.7 Å². The van der Waals surface area contributed by atoms with Crippen LogP contribution in [0.5, 0.6) is 0 Å². The molecule has 0 spiro atoms. The van der Waals surface area contributed by atoms with E-state index < -0.39 is 0 Å². The van der Waals surface area contributed by atoms with Gasteiger partial charge < -0.3 is 0 Å². The van der Waals surface area contributed by atoms with Crippen molar-refractivity contribution in [3.05, 3.63) is 41.9 Å². The Balaban J connectivity index is 1.92. The lowest BCUT2D eigenvalue weighted by atomic mass is 10.2. The smallest absolute Gasteiger partial charge is 0.153 e. The van der Waals surface area contributed by atoms with Gasteiger partial charge in [-0.1, -0.05) is 6.07 Å². The van der Waals surface area contributed by atoms with Crippen LogP contribution in [-0.4, -0.2) is 14.8 Å². The minimum absolute atomic E-state index is 0.769. The third-order valence-corrected chi connectivity index (χ3v) is 2.78. The molecule has 3 nitrogen and oxygen atoms in total. The van der Waals surface area contributed by atoms with E-state index >= 15 is 0 Å². The van der Waals surface area contributed by atoms with E-state index in [0.29, 0.717) is 0 Å². The van der Waals surface area contributed by atoms with E-state index in [9.17, 15) is 0 Å². The molecule has 0 radical (unpaired) electrons. The number of hydrogen-bond donors (Lipinski definition) is 0. The Hall–Kier alpha value is -1.64. The molecule has 2 aromatic rings. The van der Waals surface area contributed by atoms with E-state index in [1.54, 1.807) is 0 Å². The molecule has 2 heterocycles. The van der Waals surface area contributed by atoms with Gasteiger partial charge in [-0.05, 0) is 43.4 Å². The van der Waals surface area contributed by atoms with Crippen molar-refractivity contribution in [1.29, 1.82) is 0 Å². The van der Waals surface area contributed by atoms with Crippen LogP contribution < -0.4 is 0 Å². The summed E-state index contributed by atoms with van der Waals surface area (Å²) in [4.78, 5) is 4.42. The highest BCUT2D eigenvalue weighted by atomic mass is 15.3. The number of aryl methyl sites for hydroxylation is 1. The van der Waals surface area contributed by atoms with Crippen molar-refractivity contribution in [3.63, 3.8) is 0 Å². The van der Waals surface area contributed by atoms with Gasteiger partial charge in [0.15, 0.2) is 5.82 Å². The molecule has 3 rings (SSSR count). The van der Waals surface area contributed by atoms with Crippen molar-refractivity contribution in [1.82, 2.24) is 14.8 Å². The standard InChI is InChI=1S/C12H13N3/c1-9-6-7-15(14-9)12-5-4-11(8-13-12)10-2-3-10/h4-8,10H,2-3H2,1H3. The van der Waals surface area contributed by atoms with Crippen LogP contribution in [-0.2, 0) is 0 Å². The Morgan fingerprint density at radius 1 is 1.27 bits per heavy atom. The monoisotopic (exact) mass is 199 g/mol. The quantitative estimate of drug-likeness (QED) is 0.743. The van der Waals surface area contributed by atoms with Crippen molar-refractivity contribution in [3.8, 4) is 5.82 Å². The second-order valence-electron chi connectivity index (χ2n) is 4.13. The van der Waals surface area contributed by atoms with Crippen molar-refractivity contribution < 1.29 is 0 Å². The lowest BCUT2D eigenvalue weighted by Gasteiger charge is -2.01. The Bertz CT molecular complexity index is 466. The molecule has 0 atom stereocenters. The summed E-state index contributed by atoms with van der Waals surface area (Å²) in [6.45, 7) is 1.98. The molecule has 0 saturated heterocycles. The largest absolute Gasteiger partial charge is 0.237 e. The zero-order valence-corrected chi connectivity index (χ0v) is 8.72. The van der Waals surface area contributed by atoms with Crippen molar-refractivity contribution in [2.45, 2.75) is 25.7 Å². The minimum atomic E-state index is 0.769. The SMILES string of the molecule is Cc1ccn(-c2ccc(C3CC3)cn2)n1. The summed E-state index contributed by atoms with van der Waals surface area (Å²) in [6.07, 6.45) is 6.56. The van der Waals surface area contributed by atoms with Gasteiger partial charge in [0, 0.05) is 12.4 Å². The fraction of sp³-hybridized carbons (Fsp3) is 0.333. The molecule has 1 aliphatic carbocycles. The van der Waals surface area contributed by atoms with Crippen molar-refractivity contribution >= 4 is 0 Å². The summed E-state index contributed by atoms with van der Waals surface area (Å²) >= 11 is 0. The summed E-state index contributed by atoms with van der Waals surface area (Å²) < 4.78 is 1.81. The molecule has 0 N–H and O–H groups in total. The Morgan fingerprint density at radius 2 is 2.13 bits per heavy atom. The average molecular weight is 199 g/mol. The highest BCUT2D eigenvalue weighted by Crippen LogP contribution is 2.39. The lowest BCUT2D eigenvalue weighted by Crippen LogP contribution is -1.98. The van der Waals surface area contributed by atoms with Crippen LogP contribution in [0, 0.1) is 6.92 Å². The van der Waals surface area contributed by atoms with Gasteiger partial charge in [0.25, 0.3) is 0 Å². The molecule has 0 aliphatic heterocycles. The molecular formula is C12H13N3. The molecule has 15 heavy (non-hydrogen) atoms. The molecule has 3 heteroatoms. The number of nitrogens with zero attached hydrogens (tertiary/aromatic N) is 3. The molecule has 1 fully saturated rings. The Kier molecular flexibility index (Phi) is 1.84. The maximum absolute atomic E-state index is 4.42. The number of hydrogen-bond acceptors (Lipinski definition) is 2. The maximum Gasteiger partial charge on any atom is 0.153 e. The highest BCUT2D eigenvalue weighted by Gasteiger charge is 2.23. The molecule has 0 unspecified atom stereocenters. The van der Waals surface area contributed by atoms with E-state index in [2.05, 4.69) is 16.1 Å². The zero-order valence-electron chi connectivity index (χ0n) is 8.72. The molecule has 76 valence electrons. The fourth-order valence-corrected chi connectivity index (χ4v) is 1.73. The number of pyridine rings is 1. The van der Waals surface area contributed by atoms with Crippen LogP contribution >= 0.6 is 0 Å². The zero-order chi connectivity index (χ0) is 10.3. The number of rotatable bonds is 2. The van der Waals surface area contributed by atoms with Gasteiger partial charge >= 0.3 is 0 Å². The Morgan fingerprint density at radius 3 is 2.67 bits per heavy atom. The van der Waals surface area contributed by atoms with Crippen LogP contribution in [0.2, 0.25) is 0 Å². The fourth-order valence-electron chi connectivity index (χ4n) is 1.73. The van der Waals surface area contributed by atoms with E-state index in [4.69, 9.17) is 0 Å². The Labute approximate surface area is 88.8 Å². The molecule has 1 saturated carbocycles. The lowest BCUT2D eigenvalue weighted by molar-refractivity contribution is 0.829. The third-order valence-electron chi connectivity index (χ3n) is 2.78. The first-order valence-corrected chi connectivity index (χ1v) is 5.31. The van der Waals surface area contributed by atoms with E-state index in [1.807, 2.05) is 36.1 Å². The van der Waals surface area contributed by atoms with Crippen LogP contribution in [0.15, 0.2) is 30.6 Å². The summed E-state index contributed by atoms with van der Waals surface area (Å²) in [6, 6.07) is 6.19. The van der Waals surface area contributed by atoms with Gasteiger partial charge in [0.05, 0.1) is 5.69 Å². The van der Waals surface area contributed by atoms with E-state index in [-0.39, 0.29) is 0 Å². The molecular weight excluding hydrogens is 186 g/mol. The van der Waals surface area contributed by atoms with Gasteiger partial charge in [-0.15, -0.1) is 0 Å². The van der Waals surface area contributed by atoms with Crippen LogP contribution in [0.1, 0.15) is 30.0 Å². The molecule has 0 amide bonds. The van der Waals surface area contributed by atoms with Crippen LogP contribution in [0.4, 0.5) is 0 Å². The first kappa shape index (κ1) is 8.65. The van der Waals surface area contributed by atoms with Crippen LogP contribution in [0.3, 0.4) is 0 Å². The number of aromatic nitrogens is 3. The van der Waals surface area contributed by atoms with Crippen molar-refractivity contribution in [2.24, 2.45) is 0 Å². The van der Waals surface area contributed by atoms with Gasteiger partial charge in [0.2, 0.25) is 0 Å². The first-order chi connectivity index (χ1) is 7.33. The third kappa shape index (κ3) is 1.65. The second-order valence-corrected chi connectivity index (χ2v) is 4.13. The maximum atomic E-state index is 4.42. The van der Waals surface area contributed by atoms with E-state index in [0.717, 1.165) is 17.4 Å². The predicted molar refractivity (Wildman–Crippen MR) is 58.1 cm³/mol.